The van der Waals surface area contributed by atoms with Crippen molar-refractivity contribution in [3.63, 3.8) is 0 Å². The fourth-order valence-corrected chi connectivity index (χ4v) is 2.75. The van der Waals surface area contributed by atoms with Crippen LogP contribution in [0.3, 0.4) is 0 Å². The molecule has 6 nitrogen and oxygen atoms in total. The van der Waals surface area contributed by atoms with Gasteiger partial charge in [-0.15, -0.1) is 0 Å². The zero-order valence-corrected chi connectivity index (χ0v) is 13.3. The summed E-state index contributed by atoms with van der Waals surface area (Å²) in [6.07, 6.45) is -5.34. The fraction of sp³-hybridized carbons (Fsp3) is 0.467. The average Bonchev–Trinajstić information content (AvgIpc) is 2.52. The molecule has 0 unspecified atom stereocenters. The Morgan fingerprint density at radius 1 is 1.36 bits per heavy atom. The summed E-state index contributed by atoms with van der Waals surface area (Å²) in [7, 11) is 0.718. The van der Waals surface area contributed by atoms with Crippen LogP contribution in [-0.2, 0) is 9.53 Å². The Morgan fingerprint density at radius 2 is 1.92 bits per heavy atom. The van der Waals surface area contributed by atoms with Crippen molar-refractivity contribution in [2.45, 2.75) is 24.9 Å². The number of benzene rings is 1. The fourth-order valence-electron chi connectivity index (χ4n) is 2.75. The van der Waals surface area contributed by atoms with Crippen LogP contribution in [0.25, 0.3) is 0 Å². The molecule has 1 aliphatic rings. The van der Waals surface area contributed by atoms with Gasteiger partial charge in [0, 0.05) is 7.05 Å². The molecular formula is C15H16F4N2O4. The van der Waals surface area contributed by atoms with Crippen LogP contribution in [0.2, 0.25) is 0 Å². The molecule has 25 heavy (non-hydrogen) atoms. The van der Waals surface area contributed by atoms with Gasteiger partial charge >= 0.3 is 18.2 Å². The number of amides is 2. The molecule has 0 bridgehead atoms. The number of esters is 1. The van der Waals surface area contributed by atoms with Gasteiger partial charge in [0.2, 0.25) is 0 Å². The Hall–Kier alpha value is -2.36. The van der Waals surface area contributed by atoms with Crippen molar-refractivity contribution in [1.82, 2.24) is 10.2 Å². The van der Waals surface area contributed by atoms with Gasteiger partial charge in [0.25, 0.3) is 5.72 Å². The lowest BCUT2D eigenvalue weighted by Gasteiger charge is -2.49. The number of nitrogens with one attached hydrogen (secondary N) is 1. The van der Waals surface area contributed by atoms with E-state index in [0.717, 1.165) is 31.3 Å². The predicted molar refractivity (Wildman–Crippen MR) is 76.6 cm³/mol. The van der Waals surface area contributed by atoms with Crippen LogP contribution in [0.5, 0.6) is 0 Å². The monoisotopic (exact) mass is 364 g/mol. The summed E-state index contributed by atoms with van der Waals surface area (Å²) in [6.45, 7) is 1.17. The lowest BCUT2D eigenvalue weighted by Crippen LogP contribution is -2.73. The van der Waals surface area contributed by atoms with Gasteiger partial charge in [0.15, 0.2) is 0 Å². The average molecular weight is 364 g/mol. The largest absolute Gasteiger partial charge is 0.466 e. The molecule has 1 aliphatic heterocycles. The molecule has 0 aromatic heterocycles. The maximum absolute atomic E-state index is 13.6. The molecule has 138 valence electrons. The van der Waals surface area contributed by atoms with Crippen molar-refractivity contribution in [3.8, 4) is 0 Å². The highest BCUT2D eigenvalue weighted by Gasteiger charge is 2.69. The Bertz CT molecular complexity index is 664. The topological polar surface area (TPSA) is 78.9 Å². The standard InChI is InChI=1S/C15H16F4N2O4/c1-3-25-12(22)10-11(8-4-6-9(16)7-5-8)20-13(23)21(2)14(10,24)15(17,18)19/h4-7,10-11,24H,3H2,1-2H3,(H,20,23)/t10-,11+,14-/m0/s1. The maximum Gasteiger partial charge on any atom is 0.437 e. The van der Waals surface area contributed by atoms with Crippen molar-refractivity contribution in [2.24, 2.45) is 5.92 Å². The van der Waals surface area contributed by atoms with E-state index in [1.165, 1.54) is 6.92 Å². The molecule has 1 aromatic carbocycles. The summed E-state index contributed by atoms with van der Waals surface area (Å²) >= 11 is 0. The lowest BCUT2D eigenvalue weighted by atomic mass is 9.81. The van der Waals surface area contributed by atoms with Crippen LogP contribution >= 0.6 is 0 Å². The van der Waals surface area contributed by atoms with Crippen LogP contribution in [0.1, 0.15) is 18.5 Å². The highest BCUT2D eigenvalue weighted by Crippen LogP contribution is 2.46. The number of aliphatic hydroxyl groups is 1. The molecule has 0 saturated carbocycles. The number of carbonyl (C=O) groups is 2. The molecule has 10 heteroatoms. The van der Waals surface area contributed by atoms with Crippen LogP contribution in [0, 0.1) is 11.7 Å². The zero-order chi connectivity index (χ0) is 19.0. The van der Waals surface area contributed by atoms with Crippen molar-refractivity contribution >= 4 is 12.0 Å². The minimum absolute atomic E-state index is 0.00854. The number of alkyl halides is 3. The highest BCUT2D eigenvalue weighted by molar-refractivity contribution is 5.83. The first-order chi connectivity index (χ1) is 11.5. The van der Waals surface area contributed by atoms with E-state index in [1.54, 1.807) is 0 Å². The summed E-state index contributed by atoms with van der Waals surface area (Å²) in [4.78, 5) is 24.2. The Labute approximate surface area is 140 Å². The molecule has 1 aromatic rings. The van der Waals surface area contributed by atoms with E-state index in [4.69, 9.17) is 0 Å². The van der Waals surface area contributed by atoms with Gasteiger partial charge in [-0.25, -0.2) is 9.18 Å². The van der Waals surface area contributed by atoms with E-state index in [0.29, 0.717) is 0 Å². The molecule has 0 spiro atoms. The first-order valence-corrected chi connectivity index (χ1v) is 7.29. The Balaban J connectivity index is 2.62. The molecule has 0 aliphatic carbocycles. The van der Waals surface area contributed by atoms with E-state index in [2.05, 4.69) is 10.1 Å². The van der Waals surface area contributed by atoms with Crippen LogP contribution in [0.4, 0.5) is 22.4 Å². The summed E-state index contributed by atoms with van der Waals surface area (Å²) in [5.41, 5.74) is -3.77. The second-order valence-corrected chi connectivity index (χ2v) is 5.49. The first-order valence-electron chi connectivity index (χ1n) is 7.29. The van der Waals surface area contributed by atoms with Crippen molar-refractivity contribution in [1.29, 1.82) is 0 Å². The molecule has 1 fully saturated rings. The Morgan fingerprint density at radius 3 is 2.40 bits per heavy atom. The predicted octanol–water partition coefficient (Wildman–Crippen LogP) is 1.95. The molecule has 1 heterocycles. The highest BCUT2D eigenvalue weighted by atomic mass is 19.4. The number of ether oxygens (including phenoxy) is 1. The van der Waals surface area contributed by atoms with Gasteiger partial charge in [-0.3, -0.25) is 9.69 Å². The Kier molecular flexibility index (Phi) is 4.94. The second-order valence-electron chi connectivity index (χ2n) is 5.49. The smallest absolute Gasteiger partial charge is 0.437 e. The molecule has 2 N–H and O–H groups in total. The summed E-state index contributed by atoms with van der Waals surface area (Å²) in [5, 5.41) is 12.6. The normalized spacial score (nSPS) is 27.0. The molecule has 2 rings (SSSR count). The molecule has 0 radical (unpaired) electrons. The van der Waals surface area contributed by atoms with Gasteiger partial charge in [-0.2, -0.15) is 13.2 Å². The van der Waals surface area contributed by atoms with Crippen molar-refractivity contribution < 1.29 is 37.0 Å². The minimum atomic E-state index is -5.34. The van der Waals surface area contributed by atoms with Crippen molar-refractivity contribution in [3.05, 3.63) is 35.6 Å². The molecule has 2 amide bonds. The number of carbonyl (C=O) groups excluding carboxylic acids is 2. The number of hydrogen-bond acceptors (Lipinski definition) is 4. The number of halogens is 4. The summed E-state index contributed by atoms with van der Waals surface area (Å²) in [6, 6.07) is 1.37. The molecule has 1 saturated heterocycles. The van der Waals surface area contributed by atoms with Gasteiger partial charge in [-0.1, -0.05) is 12.1 Å². The van der Waals surface area contributed by atoms with E-state index >= 15 is 0 Å². The number of urea groups is 1. The van der Waals surface area contributed by atoms with E-state index in [1.807, 2.05) is 0 Å². The SMILES string of the molecule is CCOC(=O)[C@@H]1[C@@H](c2ccc(F)cc2)NC(=O)N(C)[C@@]1(O)C(F)(F)F. The second kappa shape index (κ2) is 6.51. The number of rotatable bonds is 3. The van der Waals surface area contributed by atoms with Gasteiger partial charge in [0.05, 0.1) is 12.6 Å². The number of nitrogens with zero attached hydrogens (tertiary/aromatic N) is 1. The number of hydrogen-bond donors (Lipinski definition) is 2. The van der Waals surface area contributed by atoms with E-state index in [9.17, 15) is 32.3 Å². The van der Waals surface area contributed by atoms with Crippen LogP contribution in [-0.4, -0.2) is 47.6 Å². The maximum atomic E-state index is 13.6. The van der Waals surface area contributed by atoms with Gasteiger partial charge in [-0.05, 0) is 24.6 Å². The zero-order valence-electron chi connectivity index (χ0n) is 13.3. The third kappa shape index (κ3) is 3.13. The third-order valence-corrected chi connectivity index (χ3v) is 4.05. The lowest BCUT2D eigenvalue weighted by molar-refractivity contribution is -0.328. The van der Waals surface area contributed by atoms with Crippen LogP contribution in [0.15, 0.2) is 24.3 Å². The van der Waals surface area contributed by atoms with Gasteiger partial charge < -0.3 is 15.2 Å². The summed E-state index contributed by atoms with van der Waals surface area (Å²) in [5.74, 6) is -4.20. The van der Waals surface area contributed by atoms with E-state index in [-0.39, 0.29) is 17.1 Å². The quantitative estimate of drug-likeness (QED) is 0.635. The molecule has 3 atom stereocenters. The molecular weight excluding hydrogens is 348 g/mol. The van der Waals surface area contributed by atoms with Crippen molar-refractivity contribution in [2.75, 3.05) is 13.7 Å². The van der Waals surface area contributed by atoms with E-state index < -0.39 is 41.7 Å². The first kappa shape index (κ1) is 19.0. The van der Waals surface area contributed by atoms with Gasteiger partial charge in [0.1, 0.15) is 11.7 Å². The minimum Gasteiger partial charge on any atom is -0.466 e. The summed E-state index contributed by atoms with van der Waals surface area (Å²) < 4.78 is 58.6. The third-order valence-electron chi connectivity index (χ3n) is 4.05. The van der Waals surface area contributed by atoms with Crippen LogP contribution < -0.4 is 5.32 Å².